The normalized spacial score (nSPS) is 17.6. The lowest BCUT2D eigenvalue weighted by molar-refractivity contribution is -0.141. The quantitative estimate of drug-likeness (QED) is 0.483. The monoisotopic (exact) mass is 475 g/mol. The number of phenolic OH excluding ortho intramolecular Hbond substituents is 1. The second kappa shape index (κ2) is 9.18. The number of halogens is 1. The second-order valence-electron chi connectivity index (χ2n) is 8.47. The van der Waals surface area contributed by atoms with Crippen molar-refractivity contribution in [1.29, 1.82) is 5.26 Å². The number of fused-ring (bicyclic) bond motifs is 2. The molecule has 3 aromatic carbocycles. The van der Waals surface area contributed by atoms with Gasteiger partial charge in [-0.2, -0.15) is 5.26 Å². The summed E-state index contributed by atoms with van der Waals surface area (Å²) in [5, 5.41) is 19.1. The van der Waals surface area contributed by atoms with E-state index in [-0.39, 0.29) is 35.4 Å². The summed E-state index contributed by atoms with van der Waals surface area (Å²) in [4.78, 5) is 11.6. The fraction of sp³-hybridized carbons (Fsp3) is 0.259. The Hall–Kier alpha value is -4.25. The smallest absolute Gasteiger partial charge is 0.306 e. The number of aromatic hydroxyl groups is 1. The van der Waals surface area contributed by atoms with E-state index in [2.05, 4.69) is 0 Å². The highest BCUT2D eigenvalue weighted by Gasteiger charge is 2.32. The molecule has 7 nitrogen and oxygen atoms in total. The molecule has 1 aliphatic heterocycles. The Morgan fingerprint density at radius 1 is 1.20 bits per heavy atom. The zero-order valence-electron chi connectivity index (χ0n) is 18.9. The number of hydrogen-bond donors (Lipinski definition) is 1. The first-order valence-electron chi connectivity index (χ1n) is 11.2. The Morgan fingerprint density at radius 2 is 2.06 bits per heavy atom. The third-order valence-electron chi connectivity index (χ3n) is 6.33. The number of carbonyl (C=O) groups is 1. The molecule has 0 radical (unpaired) electrons. The molecule has 0 saturated carbocycles. The van der Waals surface area contributed by atoms with Crippen LogP contribution in [0.2, 0.25) is 0 Å². The Kier molecular flexibility index (Phi) is 5.91. The predicted octanol–water partition coefficient (Wildman–Crippen LogP) is 5.30. The predicted molar refractivity (Wildman–Crippen MR) is 122 cm³/mol. The van der Waals surface area contributed by atoms with E-state index in [1.54, 1.807) is 12.1 Å². The Balaban J connectivity index is 1.38. The topological polar surface area (TPSA) is 98.0 Å². The van der Waals surface area contributed by atoms with Gasteiger partial charge in [0.15, 0.2) is 0 Å². The van der Waals surface area contributed by atoms with Gasteiger partial charge in [0.05, 0.1) is 25.7 Å². The molecule has 0 spiro atoms. The SMILES string of the molecule is COC(=O)C[C@@H]1COc2cc(O[C@@H]3CCc4c(Oc5cc(O)ccc5C#N)ccc(F)c43)ccc21. The molecule has 3 aromatic rings. The molecular weight excluding hydrogens is 453 g/mol. The van der Waals surface area contributed by atoms with Crippen molar-refractivity contribution in [2.24, 2.45) is 0 Å². The first-order valence-corrected chi connectivity index (χ1v) is 11.2. The molecule has 2 aliphatic rings. The molecule has 178 valence electrons. The Morgan fingerprint density at radius 3 is 2.86 bits per heavy atom. The van der Waals surface area contributed by atoms with Crippen molar-refractivity contribution in [1.82, 2.24) is 0 Å². The van der Waals surface area contributed by atoms with Crippen LogP contribution >= 0.6 is 0 Å². The van der Waals surface area contributed by atoms with Crippen LogP contribution in [0.3, 0.4) is 0 Å². The summed E-state index contributed by atoms with van der Waals surface area (Å²) >= 11 is 0. The van der Waals surface area contributed by atoms with Crippen LogP contribution in [0.1, 0.15) is 47.1 Å². The summed E-state index contributed by atoms with van der Waals surface area (Å²) in [5.74, 6) is 0.974. The molecule has 0 saturated heterocycles. The molecule has 8 heteroatoms. The molecule has 0 unspecified atom stereocenters. The minimum atomic E-state index is -0.529. The van der Waals surface area contributed by atoms with Gasteiger partial charge in [0.2, 0.25) is 0 Å². The number of methoxy groups -OCH3 is 1. The first-order chi connectivity index (χ1) is 17.0. The van der Waals surface area contributed by atoms with Crippen LogP contribution in [0.4, 0.5) is 4.39 Å². The first kappa shape index (κ1) is 22.5. The van der Waals surface area contributed by atoms with Gasteiger partial charge in [-0.05, 0) is 43.2 Å². The van der Waals surface area contributed by atoms with E-state index in [9.17, 15) is 19.6 Å². The van der Waals surface area contributed by atoms with Crippen molar-refractivity contribution >= 4 is 5.97 Å². The highest BCUT2D eigenvalue weighted by molar-refractivity contribution is 5.71. The van der Waals surface area contributed by atoms with Crippen LogP contribution in [0.15, 0.2) is 48.5 Å². The van der Waals surface area contributed by atoms with Crippen LogP contribution in [0, 0.1) is 17.1 Å². The number of ether oxygens (including phenoxy) is 4. The number of benzene rings is 3. The average molecular weight is 475 g/mol. The molecule has 0 bridgehead atoms. The van der Waals surface area contributed by atoms with E-state index in [4.69, 9.17) is 18.9 Å². The van der Waals surface area contributed by atoms with Gasteiger partial charge in [0.25, 0.3) is 0 Å². The van der Waals surface area contributed by atoms with Gasteiger partial charge in [0, 0.05) is 34.7 Å². The Bertz CT molecular complexity index is 1350. The number of nitriles is 1. The lowest BCUT2D eigenvalue weighted by atomic mass is 9.98. The van der Waals surface area contributed by atoms with Crippen molar-refractivity contribution in [2.75, 3.05) is 13.7 Å². The number of carbonyl (C=O) groups excluding carboxylic acids is 1. The maximum Gasteiger partial charge on any atom is 0.306 e. The van der Waals surface area contributed by atoms with Crippen molar-refractivity contribution in [3.63, 3.8) is 0 Å². The molecule has 1 aliphatic carbocycles. The fourth-order valence-electron chi connectivity index (χ4n) is 4.61. The van der Waals surface area contributed by atoms with E-state index < -0.39 is 11.9 Å². The van der Waals surface area contributed by atoms with E-state index in [0.29, 0.717) is 47.8 Å². The van der Waals surface area contributed by atoms with E-state index in [1.807, 2.05) is 12.1 Å². The van der Waals surface area contributed by atoms with E-state index in [1.165, 1.54) is 37.4 Å². The van der Waals surface area contributed by atoms with Crippen LogP contribution in [0.5, 0.6) is 28.7 Å². The number of phenols is 1. The lowest BCUT2D eigenvalue weighted by Crippen LogP contribution is -2.09. The van der Waals surface area contributed by atoms with Crippen LogP contribution in [-0.4, -0.2) is 24.8 Å². The van der Waals surface area contributed by atoms with Crippen molar-refractivity contribution in [2.45, 2.75) is 31.3 Å². The maximum atomic E-state index is 14.9. The fourth-order valence-corrected chi connectivity index (χ4v) is 4.61. The van der Waals surface area contributed by atoms with Gasteiger partial charge in [-0.15, -0.1) is 0 Å². The molecule has 1 N–H and O–H groups in total. The number of hydrogen-bond acceptors (Lipinski definition) is 7. The van der Waals surface area contributed by atoms with E-state index >= 15 is 0 Å². The van der Waals surface area contributed by atoms with Gasteiger partial charge in [-0.1, -0.05) is 6.07 Å². The van der Waals surface area contributed by atoms with Crippen LogP contribution in [0.25, 0.3) is 0 Å². The molecule has 1 heterocycles. The standard InChI is InChI=1S/C27H22FNO6/c1-32-26(31)10-16-14-33-25-12-18(4-5-19(16)25)34-23-8-6-20-22(9-7-21(28)27(20)23)35-24-11-17(30)3-2-15(24)13-29/h2-5,7,9,11-12,16,23,30H,6,8,10,14H2,1H3/t16-,23-/m1/s1. The van der Waals surface area contributed by atoms with Crippen molar-refractivity contribution in [3.05, 3.63) is 76.6 Å². The molecule has 2 atom stereocenters. The van der Waals surface area contributed by atoms with Gasteiger partial charge in [-0.3, -0.25) is 4.79 Å². The largest absolute Gasteiger partial charge is 0.508 e. The molecule has 0 fully saturated rings. The van der Waals surface area contributed by atoms with Gasteiger partial charge >= 0.3 is 5.97 Å². The van der Waals surface area contributed by atoms with Crippen molar-refractivity contribution < 1.29 is 33.2 Å². The van der Waals surface area contributed by atoms with Crippen molar-refractivity contribution in [3.8, 4) is 34.8 Å². The van der Waals surface area contributed by atoms with Crippen LogP contribution in [-0.2, 0) is 16.0 Å². The molecule has 0 amide bonds. The summed E-state index contributed by atoms with van der Waals surface area (Å²) in [6.07, 6.45) is 0.774. The van der Waals surface area contributed by atoms with E-state index in [0.717, 1.165) is 5.56 Å². The van der Waals surface area contributed by atoms with Crippen LogP contribution < -0.4 is 14.2 Å². The minimum Gasteiger partial charge on any atom is -0.508 e. The Labute approximate surface area is 201 Å². The zero-order valence-corrected chi connectivity index (χ0v) is 18.9. The molecular formula is C27H22FNO6. The summed E-state index contributed by atoms with van der Waals surface area (Å²) in [7, 11) is 1.36. The molecule has 35 heavy (non-hydrogen) atoms. The second-order valence-corrected chi connectivity index (χ2v) is 8.47. The highest BCUT2D eigenvalue weighted by Crippen LogP contribution is 2.44. The number of esters is 1. The summed E-state index contributed by atoms with van der Waals surface area (Å²) in [6.45, 7) is 0.384. The van der Waals surface area contributed by atoms with Gasteiger partial charge in [0.1, 0.15) is 46.7 Å². The zero-order chi connectivity index (χ0) is 24.5. The summed E-state index contributed by atoms with van der Waals surface area (Å²) < 4.78 is 37.5. The summed E-state index contributed by atoms with van der Waals surface area (Å²) in [6, 6.07) is 14.5. The molecule has 0 aromatic heterocycles. The average Bonchev–Trinajstić information content (AvgIpc) is 3.46. The highest BCUT2D eigenvalue weighted by atomic mass is 19.1. The third-order valence-corrected chi connectivity index (χ3v) is 6.33. The maximum absolute atomic E-state index is 14.9. The number of nitrogens with zero attached hydrogens (tertiary/aromatic N) is 1. The summed E-state index contributed by atoms with van der Waals surface area (Å²) in [5.41, 5.74) is 2.25. The minimum absolute atomic E-state index is 0.0355. The van der Waals surface area contributed by atoms with Gasteiger partial charge in [-0.25, -0.2) is 4.39 Å². The number of rotatable bonds is 6. The third kappa shape index (κ3) is 4.33. The molecule has 5 rings (SSSR count). The lowest BCUT2D eigenvalue weighted by Gasteiger charge is -2.17. The van der Waals surface area contributed by atoms with Gasteiger partial charge < -0.3 is 24.1 Å².